The fraction of sp³-hybridized carbons (Fsp3) is 0. The third-order valence-electron chi connectivity index (χ3n) is 9.51. The van der Waals surface area contributed by atoms with E-state index in [4.69, 9.17) is 4.42 Å². The van der Waals surface area contributed by atoms with E-state index in [0.29, 0.717) is 0 Å². The summed E-state index contributed by atoms with van der Waals surface area (Å²) in [4.78, 5) is 2.33. The number of anilines is 3. The Bertz CT molecular complexity index is 2790. The molecule has 0 saturated carbocycles. The molecule has 0 atom stereocenters. The van der Waals surface area contributed by atoms with Gasteiger partial charge in [-0.2, -0.15) is 0 Å². The first-order valence-electron chi connectivity index (χ1n) is 16.0. The van der Waals surface area contributed by atoms with Crippen LogP contribution in [0.25, 0.3) is 71.0 Å². The van der Waals surface area contributed by atoms with Crippen LogP contribution in [0.2, 0.25) is 0 Å². The topological polar surface area (TPSA) is 21.3 Å². The summed E-state index contributed by atoms with van der Waals surface area (Å²) in [6.07, 6.45) is 0. The number of furan rings is 1. The van der Waals surface area contributed by atoms with Crippen molar-refractivity contribution in [2.24, 2.45) is 0 Å². The normalized spacial score (nSPS) is 11.8. The first-order valence-corrected chi connectivity index (χ1v) is 16.0. The monoisotopic (exact) mass is 600 g/mol. The van der Waals surface area contributed by atoms with Crippen LogP contribution in [-0.4, -0.2) is 4.57 Å². The van der Waals surface area contributed by atoms with Crippen molar-refractivity contribution in [2.75, 3.05) is 4.90 Å². The molecule has 0 radical (unpaired) electrons. The third kappa shape index (κ3) is 4.00. The highest BCUT2D eigenvalue weighted by Gasteiger charge is 2.19. The molecule has 10 rings (SSSR count). The van der Waals surface area contributed by atoms with E-state index in [2.05, 4.69) is 179 Å². The van der Waals surface area contributed by atoms with Crippen LogP contribution in [0.3, 0.4) is 0 Å². The van der Waals surface area contributed by atoms with Crippen molar-refractivity contribution in [3.8, 4) is 5.69 Å². The van der Waals surface area contributed by atoms with Gasteiger partial charge < -0.3 is 13.9 Å². The molecule has 47 heavy (non-hydrogen) atoms. The predicted molar refractivity (Wildman–Crippen MR) is 198 cm³/mol. The Labute approximate surface area is 271 Å². The van der Waals surface area contributed by atoms with Gasteiger partial charge in [-0.3, -0.25) is 0 Å². The lowest BCUT2D eigenvalue weighted by atomic mass is 10.0. The fourth-order valence-corrected chi connectivity index (χ4v) is 7.39. The maximum absolute atomic E-state index is 6.51. The summed E-state index contributed by atoms with van der Waals surface area (Å²) in [6.45, 7) is 0. The van der Waals surface area contributed by atoms with Crippen molar-refractivity contribution in [3.63, 3.8) is 0 Å². The summed E-state index contributed by atoms with van der Waals surface area (Å²) in [5.74, 6) is 0. The van der Waals surface area contributed by atoms with E-state index in [0.717, 1.165) is 39.3 Å². The summed E-state index contributed by atoms with van der Waals surface area (Å²) in [5.41, 5.74) is 8.53. The van der Waals surface area contributed by atoms with Crippen LogP contribution in [-0.2, 0) is 0 Å². The van der Waals surface area contributed by atoms with Gasteiger partial charge in [0.2, 0.25) is 0 Å². The second-order valence-corrected chi connectivity index (χ2v) is 12.2. The van der Waals surface area contributed by atoms with Crippen molar-refractivity contribution < 1.29 is 4.42 Å². The quantitative estimate of drug-likeness (QED) is 0.200. The van der Waals surface area contributed by atoms with E-state index in [1.807, 2.05) is 0 Å². The molecule has 0 saturated heterocycles. The minimum absolute atomic E-state index is 0.878. The molecule has 0 aliphatic rings. The Hall–Kier alpha value is -6.32. The average molecular weight is 601 g/mol. The van der Waals surface area contributed by atoms with E-state index in [9.17, 15) is 0 Å². The van der Waals surface area contributed by atoms with E-state index >= 15 is 0 Å². The van der Waals surface area contributed by atoms with Crippen LogP contribution in [0.1, 0.15) is 0 Å². The Kier molecular flexibility index (Phi) is 5.57. The number of nitrogens with zero attached hydrogens (tertiary/aromatic N) is 2. The number of hydrogen-bond donors (Lipinski definition) is 0. The van der Waals surface area contributed by atoms with Gasteiger partial charge in [-0.05, 0) is 94.3 Å². The smallest absolute Gasteiger partial charge is 0.137 e. The molecule has 2 aromatic heterocycles. The second-order valence-electron chi connectivity index (χ2n) is 12.2. The van der Waals surface area contributed by atoms with Gasteiger partial charge in [0.1, 0.15) is 11.2 Å². The van der Waals surface area contributed by atoms with Crippen molar-refractivity contribution >= 4 is 82.4 Å². The Morgan fingerprint density at radius 3 is 1.87 bits per heavy atom. The van der Waals surface area contributed by atoms with Gasteiger partial charge in [0.05, 0.1) is 11.0 Å². The van der Waals surface area contributed by atoms with Crippen molar-refractivity contribution in [2.45, 2.75) is 0 Å². The van der Waals surface area contributed by atoms with Crippen LogP contribution in [0.5, 0.6) is 0 Å². The molecule has 2 heterocycles. The molecule has 10 aromatic rings. The zero-order chi connectivity index (χ0) is 30.9. The maximum Gasteiger partial charge on any atom is 0.137 e. The number of aromatic nitrogens is 1. The zero-order valence-electron chi connectivity index (χ0n) is 25.5. The Morgan fingerprint density at radius 1 is 0.383 bits per heavy atom. The molecular formula is C44H28N2O. The first kappa shape index (κ1) is 26.0. The maximum atomic E-state index is 6.51. The fourth-order valence-electron chi connectivity index (χ4n) is 7.39. The Balaban J connectivity index is 1.22. The zero-order valence-corrected chi connectivity index (χ0v) is 25.5. The van der Waals surface area contributed by atoms with E-state index in [1.54, 1.807) is 0 Å². The Morgan fingerprint density at radius 2 is 1.04 bits per heavy atom. The highest BCUT2D eigenvalue weighted by molar-refractivity contribution is 6.19. The lowest BCUT2D eigenvalue weighted by molar-refractivity contribution is 0.669. The molecule has 0 N–H and O–H groups in total. The van der Waals surface area contributed by atoms with Crippen LogP contribution < -0.4 is 4.90 Å². The first-order chi connectivity index (χ1) is 23.3. The second kappa shape index (κ2) is 10.1. The average Bonchev–Trinajstić information content (AvgIpc) is 3.66. The summed E-state index contributed by atoms with van der Waals surface area (Å²) in [5, 5.41) is 9.64. The predicted octanol–water partition coefficient (Wildman–Crippen LogP) is 12.5. The van der Waals surface area contributed by atoms with Gasteiger partial charge >= 0.3 is 0 Å². The molecule has 3 heteroatoms. The lowest BCUT2D eigenvalue weighted by Crippen LogP contribution is -2.09. The molecule has 0 fully saturated rings. The summed E-state index contributed by atoms with van der Waals surface area (Å²) in [6, 6.07) is 60.8. The van der Waals surface area contributed by atoms with E-state index < -0.39 is 0 Å². The number of para-hydroxylation sites is 2. The highest BCUT2D eigenvalue weighted by Crippen LogP contribution is 2.43. The van der Waals surface area contributed by atoms with Crippen LogP contribution in [0, 0.1) is 0 Å². The van der Waals surface area contributed by atoms with Gasteiger partial charge in [-0.25, -0.2) is 0 Å². The number of benzene rings is 8. The number of fused-ring (bicyclic) bond motifs is 9. The number of rotatable bonds is 4. The van der Waals surface area contributed by atoms with Crippen LogP contribution in [0.4, 0.5) is 17.1 Å². The molecule has 0 aliphatic heterocycles. The van der Waals surface area contributed by atoms with Gasteiger partial charge in [-0.15, -0.1) is 0 Å². The molecule has 3 nitrogen and oxygen atoms in total. The lowest BCUT2D eigenvalue weighted by Gasteiger charge is -2.25. The van der Waals surface area contributed by atoms with Crippen molar-refractivity contribution in [1.82, 2.24) is 4.57 Å². The van der Waals surface area contributed by atoms with Gasteiger partial charge in [0.25, 0.3) is 0 Å². The molecular weight excluding hydrogens is 572 g/mol. The molecule has 0 amide bonds. The van der Waals surface area contributed by atoms with Gasteiger partial charge in [0, 0.05) is 50.4 Å². The molecule has 0 unspecified atom stereocenters. The third-order valence-corrected chi connectivity index (χ3v) is 9.51. The SMILES string of the molecule is c1ccc(N(c2ccc3c(c2)oc2ccc4ccccc4c23)c2ccc3c(c2)c2cc4ccccc4cc2n3-c2ccccc2)cc1. The highest BCUT2D eigenvalue weighted by atomic mass is 16.3. The summed E-state index contributed by atoms with van der Waals surface area (Å²) >= 11 is 0. The largest absolute Gasteiger partial charge is 0.456 e. The molecule has 0 aliphatic carbocycles. The molecule has 0 bridgehead atoms. The van der Waals surface area contributed by atoms with Crippen LogP contribution in [0.15, 0.2) is 174 Å². The van der Waals surface area contributed by atoms with Crippen molar-refractivity contribution in [1.29, 1.82) is 0 Å². The van der Waals surface area contributed by atoms with E-state index in [1.165, 1.54) is 48.7 Å². The van der Waals surface area contributed by atoms with Gasteiger partial charge in [-0.1, -0.05) is 91.0 Å². The molecule has 0 spiro atoms. The molecule has 8 aromatic carbocycles. The standard InChI is InChI=1S/C44H28N2O/c1-3-14-32(15-4-1)45(35-20-22-37-43(28-35)47-42-24-19-29-11-9-10-18-36(29)44(37)42)34-21-23-40-39(27-34)38-25-30-12-7-8-13-31(30)26-41(38)46(40)33-16-5-2-6-17-33/h1-28H. The number of hydrogen-bond acceptors (Lipinski definition) is 2. The summed E-state index contributed by atoms with van der Waals surface area (Å²) in [7, 11) is 0. The summed E-state index contributed by atoms with van der Waals surface area (Å²) < 4.78 is 8.90. The minimum atomic E-state index is 0.878. The van der Waals surface area contributed by atoms with E-state index in [-0.39, 0.29) is 0 Å². The van der Waals surface area contributed by atoms with Crippen molar-refractivity contribution in [3.05, 3.63) is 170 Å². The molecule has 220 valence electrons. The van der Waals surface area contributed by atoms with Crippen LogP contribution >= 0.6 is 0 Å². The minimum Gasteiger partial charge on any atom is -0.456 e. The van der Waals surface area contributed by atoms with Gasteiger partial charge in [0.15, 0.2) is 0 Å².